The number of nitrogens with two attached hydrogens (primary N) is 1. The van der Waals surface area contributed by atoms with Crippen LogP contribution in [0.4, 0.5) is 5.82 Å². The van der Waals surface area contributed by atoms with E-state index in [1.54, 1.807) is 14.0 Å². The number of halogens is 1. The number of ketones is 1. The van der Waals surface area contributed by atoms with Crippen molar-refractivity contribution in [2.24, 2.45) is 14.1 Å². The van der Waals surface area contributed by atoms with Gasteiger partial charge in [-0.25, -0.2) is 4.79 Å². The number of nitrogens with zero attached hydrogens (tertiary/aromatic N) is 3. The van der Waals surface area contributed by atoms with Crippen molar-refractivity contribution in [3.05, 3.63) is 60.7 Å². The summed E-state index contributed by atoms with van der Waals surface area (Å²) in [7, 11) is 4.56. The summed E-state index contributed by atoms with van der Waals surface area (Å²) in [5.41, 5.74) is 5.50. The first-order valence-electron chi connectivity index (χ1n) is 7.70. The van der Waals surface area contributed by atoms with Crippen LogP contribution >= 0.6 is 15.9 Å². The average Bonchev–Trinajstić information content (AvgIpc) is 2.59. The fourth-order valence-electron chi connectivity index (χ4n) is 2.53. The number of likely N-dealkylation sites (N-methyl/N-ethyl adjacent to an activating group) is 1. The fraction of sp³-hybridized carbons (Fsp3) is 0.353. The number of hydrogen-bond donors (Lipinski definition) is 1. The minimum Gasteiger partial charge on any atom is -0.384 e. The Labute approximate surface area is 153 Å². The zero-order chi connectivity index (χ0) is 18.9. The van der Waals surface area contributed by atoms with E-state index in [9.17, 15) is 14.4 Å². The second-order valence-electron chi connectivity index (χ2n) is 6.01. The molecule has 0 aliphatic carbocycles. The fourth-order valence-corrected chi connectivity index (χ4v) is 2.94. The molecule has 1 unspecified atom stereocenters. The zero-order valence-electron chi connectivity index (χ0n) is 14.6. The van der Waals surface area contributed by atoms with Crippen LogP contribution in [0.2, 0.25) is 0 Å². The Morgan fingerprint density at radius 1 is 1.24 bits per heavy atom. The normalized spacial score (nSPS) is 12.4. The van der Waals surface area contributed by atoms with Crippen LogP contribution in [-0.4, -0.2) is 32.9 Å². The Morgan fingerprint density at radius 2 is 1.84 bits per heavy atom. The van der Waals surface area contributed by atoms with Crippen molar-refractivity contribution in [3.8, 4) is 0 Å². The molecule has 1 atom stereocenters. The summed E-state index contributed by atoms with van der Waals surface area (Å²) in [5.74, 6) is -0.525. The maximum atomic E-state index is 12.9. The van der Waals surface area contributed by atoms with Crippen LogP contribution in [0.5, 0.6) is 0 Å². The van der Waals surface area contributed by atoms with Gasteiger partial charge in [0.15, 0.2) is 5.78 Å². The molecule has 0 aliphatic heterocycles. The Bertz CT molecular complexity index is 932. The number of benzene rings is 1. The van der Waals surface area contributed by atoms with E-state index in [-0.39, 0.29) is 11.4 Å². The molecule has 2 N–H and O–H groups in total. The van der Waals surface area contributed by atoms with Crippen LogP contribution in [0.3, 0.4) is 0 Å². The maximum absolute atomic E-state index is 12.9. The molecule has 0 amide bonds. The number of rotatable bonds is 5. The molecule has 0 saturated carbocycles. The molecule has 1 aromatic heterocycles. The highest BCUT2D eigenvalue weighted by molar-refractivity contribution is 9.10. The Morgan fingerprint density at radius 3 is 2.44 bits per heavy atom. The molecule has 25 heavy (non-hydrogen) atoms. The van der Waals surface area contributed by atoms with Gasteiger partial charge < -0.3 is 5.73 Å². The van der Waals surface area contributed by atoms with Crippen molar-refractivity contribution >= 4 is 27.5 Å². The second kappa shape index (κ2) is 7.37. The molecule has 8 heteroatoms. The monoisotopic (exact) mass is 408 g/mol. The number of nitrogen functional groups attached to an aromatic ring is 1. The van der Waals surface area contributed by atoms with Crippen molar-refractivity contribution in [1.29, 1.82) is 0 Å². The van der Waals surface area contributed by atoms with Gasteiger partial charge in [-0.05, 0) is 25.6 Å². The number of hydrogen-bond acceptors (Lipinski definition) is 5. The third kappa shape index (κ3) is 3.59. The van der Waals surface area contributed by atoms with E-state index in [4.69, 9.17) is 5.73 Å². The lowest BCUT2D eigenvalue weighted by atomic mass is 10.1. The quantitative estimate of drug-likeness (QED) is 0.748. The van der Waals surface area contributed by atoms with Crippen LogP contribution in [0.15, 0.2) is 38.3 Å². The molecule has 0 aliphatic rings. The molecule has 134 valence electrons. The minimum absolute atomic E-state index is 0.112. The van der Waals surface area contributed by atoms with E-state index in [0.717, 1.165) is 19.2 Å². The van der Waals surface area contributed by atoms with E-state index in [1.165, 1.54) is 14.1 Å². The first-order valence-corrected chi connectivity index (χ1v) is 8.49. The molecule has 0 saturated heterocycles. The third-order valence-corrected chi connectivity index (χ3v) is 5.15. The summed E-state index contributed by atoms with van der Waals surface area (Å²) >= 11 is 3.48. The van der Waals surface area contributed by atoms with Crippen molar-refractivity contribution < 1.29 is 4.79 Å². The van der Waals surface area contributed by atoms with E-state index in [0.29, 0.717) is 6.54 Å². The molecule has 2 rings (SSSR count). The summed E-state index contributed by atoms with van der Waals surface area (Å²) in [5, 5.41) is 0. The highest BCUT2D eigenvalue weighted by atomic mass is 79.9. The highest BCUT2D eigenvalue weighted by Gasteiger charge is 2.27. The lowest BCUT2D eigenvalue weighted by Gasteiger charge is -2.24. The first-order chi connectivity index (χ1) is 11.7. The van der Waals surface area contributed by atoms with Crippen molar-refractivity contribution in [2.75, 3.05) is 12.8 Å². The topological polar surface area (TPSA) is 90.3 Å². The second-order valence-corrected chi connectivity index (χ2v) is 6.87. The minimum atomic E-state index is -0.674. The summed E-state index contributed by atoms with van der Waals surface area (Å²) in [6.07, 6.45) is 0. The highest BCUT2D eigenvalue weighted by Crippen LogP contribution is 2.19. The molecule has 0 radical (unpaired) electrons. The molecule has 1 heterocycles. The van der Waals surface area contributed by atoms with Crippen molar-refractivity contribution in [3.63, 3.8) is 0 Å². The van der Waals surface area contributed by atoms with Gasteiger partial charge in [-0.1, -0.05) is 34.1 Å². The van der Waals surface area contributed by atoms with Gasteiger partial charge >= 0.3 is 5.69 Å². The predicted octanol–water partition coefficient (Wildman–Crippen LogP) is 1.13. The summed E-state index contributed by atoms with van der Waals surface area (Å²) < 4.78 is 2.94. The first kappa shape index (κ1) is 19.1. The van der Waals surface area contributed by atoms with E-state index < -0.39 is 23.1 Å². The molecule has 0 fully saturated rings. The lowest BCUT2D eigenvalue weighted by molar-refractivity contribution is 0.0860. The van der Waals surface area contributed by atoms with Gasteiger partial charge in [0.25, 0.3) is 5.56 Å². The van der Waals surface area contributed by atoms with E-state index >= 15 is 0 Å². The summed E-state index contributed by atoms with van der Waals surface area (Å²) in [6.45, 7) is 2.23. The van der Waals surface area contributed by atoms with E-state index in [1.807, 2.05) is 29.2 Å². The number of aromatic nitrogens is 2. The Hall–Kier alpha value is -2.19. The number of anilines is 1. The lowest BCUT2D eigenvalue weighted by Crippen LogP contribution is -2.45. The van der Waals surface area contributed by atoms with Crippen molar-refractivity contribution in [1.82, 2.24) is 14.0 Å². The van der Waals surface area contributed by atoms with Gasteiger partial charge in [0.05, 0.1) is 6.04 Å². The summed E-state index contributed by atoms with van der Waals surface area (Å²) in [4.78, 5) is 38.9. The Kier molecular flexibility index (Phi) is 5.64. The Balaban J connectivity index is 2.36. The standard InChI is InChI=1S/C17H21BrN4O3/c1-10(20(2)9-11-7-5-6-8-12(11)18)14(23)13-15(19)21(3)17(25)22(4)16(13)24/h5-8,10H,9,19H2,1-4H3. The average molecular weight is 409 g/mol. The molecular formula is C17H21BrN4O3. The molecule has 0 bridgehead atoms. The van der Waals surface area contributed by atoms with Crippen LogP contribution in [-0.2, 0) is 20.6 Å². The SMILES string of the molecule is CC(C(=O)c1c(N)n(C)c(=O)n(C)c1=O)N(C)Cc1ccccc1Br. The van der Waals surface area contributed by atoms with Gasteiger partial charge in [-0.3, -0.25) is 23.6 Å². The van der Waals surface area contributed by atoms with Crippen LogP contribution < -0.4 is 17.0 Å². The van der Waals surface area contributed by atoms with Gasteiger partial charge in [0, 0.05) is 25.1 Å². The van der Waals surface area contributed by atoms with Crippen molar-refractivity contribution in [2.45, 2.75) is 19.5 Å². The van der Waals surface area contributed by atoms with Crippen LogP contribution in [0.1, 0.15) is 22.8 Å². The molecular weight excluding hydrogens is 388 g/mol. The number of carbonyl (C=O) groups is 1. The zero-order valence-corrected chi connectivity index (χ0v) is 16.2. The summed E-state index contributed by atoms with van der Waals surface area (Å²) in [6, 6.07) is 7.13. The van der Waals surface area contributed by atoms with Gasteiger partial charge in [-0.15, -0.1) is 0 Å². The molecule has 1 aromatic carbocycles. The molecule has 2 aromatic rings. The van der Waals surface area contributed by atoms with Gasteiger partial charge in [-0.2, -0.15) is 0 Å². The molecule has 0 spiro atoms. The maximum Gasteiger partial charge on any atom is 0.332 e. The third-order valence-electron chi connectivity index (χ3n) is 4.37. The predicted molar refractivity (Wildman–Crippen MR) is 101 cm³/mol. The van der Waals surface area contributed by atoms with Crippen LogP contribution in [0, 0.1) is 0 Å². The number of Topliss-reactive ketones (excluding diaryl/α,β-unsaturated/α-hetero) is 1. The largest absolute Gasteiger partial charge is 0.384 e. The smallest absolute Gasteiger partial charge is 0.332 e. The molecule has 7 nitrogen and oxygen atoms in total. The van der Waals surface area contributed by atoms with Gasteiger partial charge in [0.2, 0.25) is 0 Å². The number of carbonyl (C=O) groups excluding carboxylic acids is 1. The van der Waals surface area contributed by atoms with Crippen LogP contribution in [0.25, 0.3) is 0 Å². The van der Waals surface area contributed by atoms with E-state index in [2.05, 4.69) is 15.9 Å². The van der Waals surface area contributed by atoms with Gasteiger partial charge in [0.1, 0.15) is 11.4 Å².